The van der Waals surface area contributed by atoms with Crippen molar-refractivity contribution in [3.63, 3.8) is 0 Å². The van der Waals surface area contributed by atoms with Crippen LogP contribution in [-0.4, -0.2) is 15.1 Å². The van der Waals surface area contributed by atoms with Gasteiger partial charge in [0.2, 0.25) is 11.7 Å². The van der Waals surface area contributed by atoms with E-state index in [0.717, 1.165) is 11.3 Å². The number of nitro groups is 1. The molecule has 0 radical (unpaired) electrons. The number of anilines is 1. The van der Waals surface area contributed by atoms with E-state index in [1.54, 1.807) is 12.1 Å². The maximum absolute atomic E-state index is 10.8. The van der Waals surface area contributed by atoms with Gasteiger partial charge in [-0.15, -0.1) is 0 Å². The lowest BCUT2D eigenvalue weighted by atomic mass is 10.1. The Morgan fingerprint density at radius 1 is 1.21 bits per heavy atom. The second kappa shape index (κ2) is 6.49. The molecular formula is C17H16N4O3. The van der Waals surface area contributed by atoms with Gasteiger partial charge in [0, 0.05) is 23.4 Å². The van der Waals surface area contributed by atoms with Crippen LogP contribution in [0.2, 0.25) is 0 Å². The van der Waals surface area contributed by atoms with Crippen LogP contribution in [-0.2, 0) is 6.54 Å². The Labute approximate surface area is 138 Å². The first kappa shape index (κ1) is 15.7. The van der Waals surface area contributed by atoms with Crippen LogP contribution in [0.4, 0.5) is 11.4 Å². The maximum atomic E-state index is 10.8. The van der Waals surface area contributed by atoms with Gasteiger partial charge in [-0.25, -0.2) is 0 Å². The van der Waals surface area contributed by atoms with Crippen molar-refractivity contribution in [2.75, 3.05) is 5.32 Å². The molecule has 0 aliphatic rings. The molecule has 122 valence electrons. The topological polar surface area (TPSA) is 94.1 Å². The Kier molecular flexibility index (Phi) is 4.24. The van der Waals surface area contributed by atoms with E-state index < -0.39 is 4.92 Å². The molecule has 1 heterocycles. The lowest BCUT2D eigenvalue weighted by Crippen LogP contribution is -2.02. The highest BCUT2D eigenvalue weighted by Gasteiger charge is 2.12. The molecule has 1 aromatic heterocycles. The van der Waals surface area contributed by atoms with Crippen molar-refractivity contribution in [2.24, 2.45) is 0 Å². The van der Waals surface area contributed by atoms with Crippen LogP contribution in [0.5, 0.6) is 0 Å². The molecule has 7 nitrogen and oxygen atoms in total. The van der Waals surface area contributed by atoms with Gasteiger partial charge in [0.1, 0.15) is 0 Å². The highest BCUT2D eigenvalue weighted by atomic mass is 16.6. The zero-order valence-corrected chi connectivity index (χ0v) is 13.3. The molecule has 3 rings (SSSR count). The number of nitro benzene ring substituents is 1. The summed E-state index contributed by atoms with van der Waals surface area (Å²) >= 11 is 0. The predicted octanol–water partition coefficient (Wildman–Crippen LogP) is 3.87. The third kappa shape index (κ3) is 3.24. The molecule has 0 aliphatic heterocycles. The van der Waals surface area contributed by atoms with Gasteiger partial charge in [-0.3, -0.25) is 10.1 Å². The molecule has 3 aromatic rings. The van der Waals surface area contributed by atoms with Gasteiger partial charge in [0.15, 0.2) is 0 Å². The molecule has 0 amide bonds. The molecule has 1 N–H and O–H groups in total. The lowest BCUT2D eigenvalue weighted by molar-refractivity contribution is -0.384. The van der Waals surface area contributed by atoms with E-state index in [1.807, 2.05) is 32.0 Å². The first-order valence-electron chi connectivity index (χ1n) is 7.42. The Balaban J connectivity index is 1.75. The molecule has 0 saturated heterocycles. The quantitative estimate of drug-likeness (QED) is 0.565. The summed E-state index contributed by atoms with van der Waals surface area (Å²) in [5, 5.41) is 18.0. The monoisotopic (exact) mass is 324 g/mol. The minimum Gasteiger partial charge on any atom is -0.376 e. The number of nitrogens with zero attached hydrogens (tertiary/aromatic N) is 3. The van der Waals surface area contributed by atoms with Crippen LogP contribution in [0.1, 0.15) is 17.0 Å². The summed E-state index contributed by atoms with van der Waals surface area (Å²) in [6.45, 7) is 4.47. The lowest BCUT2D eigenvalue weighted by Gasteiger charge is -2.09. The predicted molar refractivity (Wildman–Crippen MR) is 89.6 cm³/mol. The molecule has 0 spiro atoms. The summed E-state index contributed by atoms with van der Waals surface area (Å²) in [5.74, 6) is 0.744. The van der Waals surface area contributed by atoms with Gasteiger partial charge in [0.05, 0.1) is 11.5 Å². The SMILES string of the molecule is Cc1cccc(NCc2nc(-c3cccc([N+](=O)[O-])c3)no2)c1C. The van der Waals surface area contributed by atoms with E-state index in [-0.39, 0.29) is 5.69 Å². The summed E-state index contributed by atoms with van der Waals surface area (Å²) < 4.78 is 5.22. The van der Waals surface area contributed by atoms with Crippen molar-refractivity contribution in [2.45, 2.75) is 20.4 Å². The third-order valence-electron chi connectivity index (χ3n) is 3.82. The van der Waals surface area contributed by atoms with E-state index in [4.69, 9.17) is 4.52 Å². The molecule has 0 fully saturated rings. The number of non-ortho nitro benzene ring substituents is 1. The minimum absolute atomic E-state index is 0.00707. The number of hydrogen-bond acceptors (Lipinski definition) is 6. The summed E-state index contributed by atoms with van der Waals surface area (Å²) in [7, 11) is 0. The highest BCUT2D eigenvalue weighted by molar-refractivity contribution is 5.58. The van der Waals surface area contributed by atoms with E-state index in [2.05, 4.69) is 15.5 Å². The summed E-state index contributed by atoms with van der Waals surface area (Å²) in [6.07, 6.45) is 0. The average Bonchev–Trinajstić information content (AvgIpc) is 3.05. The van der Waals surface area contributed by atoms with Crippen LogP contribution < -0.4 is 5.32 Å². The number of aryl methyl sites for hydroxylation is 1. The Hall–Kier alpha value is -3.22. The molecule has 2 aromatic carbocycles. The highest BCUT2D eigenvalue weighted by Crippen LogP contribution is 2.22. The second-order valence-corrected chi connectivity index (χ2v) is 5.42. The van der Waals surface area contributed by atoms with Gasteiger partial charge in [-0.1, -0.05) is 29.4 Å². The van der Waals surface area contributed by atoms with Crippen molar-refractivity contribution in [3.8, 4) is 11.4 Å². The summed E-state index contributed by atoms with van der Waals surface area (Å²) in [4.78, 5) is 14.7. The van der Waals surface area contributed by atoms with E-state index in [9.17, 15) is 10.1 Å². The summed E-state index contributed by atoms with van der Waals surface area (Å²) in [5.41, 5.74) is 3.90. The fourth-order valence-corrected chi connectivity index (χ4v) is 2.32. The summed E-state index contributed by atoms with van der Waals surface area (Å²) in [6, 6.07) is 12.2. The zero-order valence-electron chi connectivity index (χ0n) is 13.3. The van der Waals surface area contributed by atoms with E-state index >= 15 is 0 Å². The van der Waals surface area contributed by atoms with Crippen molar-refractivity contribution in [3.05, 3.63) is 69.6 Å². The normalized spacial score (nSPS) is 10.6. The first-order chi connectivity index (χ1) is 11.5. The van der Waals surface area contributed by atoms with Crippen molar-refractivity contribution >= 4 is 11.4 Å². The standard InChI is InChI=1S/C17H16N4O3/c1-11-5-3-8-15(12(11)2)18-10-16-19-17(20-24-16)13-6-4-7-14(9-13)21(22)23/h3-9,18H,10H2,1-2H3. The fourth-order valence-electron chi connectivity index (χ4n) is 2.32. The van der Waals surface area contributed by atoms with Crippen LogP contribution in [0, 0.1) is 24.0 Å². The number of benzene rings is 2. The molecule has 0 atom stereocenters. The van der Waals surface area contributed by atoms with Crippen LogP contribution in [0.25, 0.3) is 11.4 Å². The van der Waals surface area contributed by atoms with Crippen molar-refractivity contribution in [1.29, 1.82) is 0 Å². The van der Waals surface area contributed by atoms with Crippen LogP contribution in [0.3, 0.4) is 0 Å². The molecule has 0 unspecified atom stereocenters. The van der Waals surface area contributed by atoms with Crippen LogP contribution in [0.15, 0.2) is 47.0 Å². The number of nitrogens with one attached hydrogen (secondary N) is 1. The van der Waals surface area contributed by atoms with Crippen LogP contribution >= 0.6 is 0 Å². The fraction of sp³-hybridized carbons (Fsp3) is 0.176. The molecule has 7 heteroatoms. The first-order valence-corrected chi connectivity index (χ1v) is 7.42. The molecule has 0 aliphatic carbocycles. The largest absolute Gasteiger partial charge is 0.376 e. The van der Waals surface area contributed by atoms with E-state index in [1.165, 1.54) is 17.7 Å². The zero-order chi connectivity index (χ0) is 17.1. The Bertz CT molecular complexity index is 889. The van der Waals surface area contributed by atoms with Crippen molar-refractivity contribution < 1.29 is 9.45 Å². The van der Waals surface area contributed by atoms with Crippen molar-refractivity contribution in [1.82, 2.24) is 10.1 Å². The average molecular weight is 324 g/mol. The molecular weight excluding hydrogens is 308 g/mol. The molecule has 24 heavy (non-hydrogen) atoms. The Morgan fingerprint density at radius 2 is 2.00 bits per heavy atom. The second-order valence-electron chi connectivity index (χ2n) is 5.42. The number of aromatic nitrogens is 2. The van der Waals surface area contributed by atoms with Gasteiger partial charge >= 0.3 is 0 Å². The van der Waals surface area contributed by atoms with Gasteiger partial charge < -0.3 is 9.84 Å². The molecule has 0 saturated carbocycles. The maximum Gasteiger partial charge on any atom is 0.270 e. The van der Waals surface area contributed by atoms with E-state index in [0.29, 0.717) is 23.8 Å². The smallest absolute Gasteiger partial charge is 0.270 e. The number of rotatable bonds is 5. The minimum atomic E-state index is -0.452. The van der Waals surface area contributed by atoms with Gasteiger partial charge in [0.25, 0.3) is 5.69 Å². The third-order valence-corrected chi connectivity index (χ3v) is 3.82. The van der Waals surface area contributed by atoms with Gasteiger partial charge in [-0.2, -0.15) is 4.98 Å². The number of hydrogen-bond donors (Lipinski definition) is 1. The molecule has 0 bridgehead atoms. The Morgan fingerprint density at radius 3 is 2.79 bits per heavy atom. The van der Waals surface area contributed by atoms with Gasteiger partial charge in [-0.05, 0) is 31.0 Å².